The molecule has 0 aliphatic rings. The zero-order chi connectivity index (χ0) is 22.8. The standard InChI is InChI=1S/C22H19Cl2FN2O3S/c1-13(2)14-3-6-16(7-4-14)27-31(29,30)17-8-10-21(20(25)12-17)26-22(28)18-9-5-15(23)11-19(18)24/h3-13,27H,1-2H3,(H,26,28). The van der Waals surface area contributed by atoms with E-state index in [-0.39, 0.29) is 21.2 Å². The molecule has 3 aromatic rings. The minimum absolute atomic E-state index is 0.105. The molecule has 1 amide bonds. The molecule has 0 unspecified atom stereocenters. The summed E-state index contributed by atoms with van der Waals surface area (Å²) in [6.45, 7) is 4.06. The van der Waals surface area contributed by atoms with E-state index in [2.05, 4.69) is 10.0 Å². The first-order valence-electron chi connectivity index (χ1n) is 9.25. The van der Waals surface area contributed by atoms with Crippen LogP contribution in [0.5, 0.6) is 0 Å². The zero-order valence-corrected chi connectivity index (χ0v) is 18.9. The largest absolute Gasteiger partial charge is 0.319 e. The maximum Gasteiger partial charge on any atom is 0.261 e. The van der Waals surface area contributed by atoms with Gasteiger partial charge in [-0.3, -0.25) is 9.52 Å². The van der Waals surface area contributed by atoms with Crippen molar-refractivity contribution < 1.29 is 17.6 Å². The fraction of sp³-hybridized carbons (Fsp3) is 0.136. The van der Waals surface area contributed by atoms with E-state index in [1.54, 1.807) is 12.1 Å². The molecular weight excluding hydrogens is 462 g/mol. The molecule has 0 aromatic heterocycles. The molecule has 5 nitrogen and oxygen atoms in total. The Bertz CT molecular complexity index is 1230. The number of nitrogens with one attached hydrogen (secondary N) is 2. The summed E-state index contributed by atoms with van der Waals surface area (Å²) >= 11 is 11.8. The molecule has 0 bridgehead atoms. The fourth-order valence-electron chi connectivity index (χ4n) is 2.78. The van der Waals surface area contributed by atoms with Crippen LogP contribution in [0.3, 0.4) is 0 Å². The second kappa shape index (κ2) is 9.26. The molecule has 0 fully saturated rings. The lowest BCUT2D eigenvalue weighted by molar-refractivity contribution is 0.102. The summed E-state index contributed by atoms with van der Waals surface area (Å²) in [5.41, 5.74) is 1.35. The van der Waals surface area contributed by atoms with Crippen LogP contribution in [-0.4, -0.2) is 14.3 Å². The number of halogens is 3. The summed E-state index contributed by atoms with van der Waals surface area (Å²) in [7, 11) is -4.02. The van der Waals surface area contributed by atoms with Gasteiger partial charge in [0.2, 0.25) is 0 Å². The van der Waals surface area contributed by atoms with Crippen LogP contribution in [0, 0.1) is 5.82 Å². The van der Waals surface area contributed by atoms with Crippen LogP contribution in [0.1, 0.15) is 35.7 Å². The maximum atomic E-state index is 14.5. The van der Waals surface area contributed by atoms with Gasteiger partial charge in [0, 0.05) is 10.7 Å². The Kier molecular flexibility index (Phi) is 6.89. The molecule has 0 saturated carbocycles. The van der Waals surface area contributed by atoms with Gasteiger partial charge in [-0.25, -0.2) is 12.8 Å². The second-order valence-corrected chi connectivity index (χ2v) is 9.63. The van der Waals surface area contributed by atoms with Gasteiger partial charge in [0.25, 0.3) is 15.9 Å². The summed E-state index contributed by atoms with van der Waals surface area (Å²) in [6, 6.07) is 14.4. The molecule has 3 rings (SSSR count). The molecule has 0 heterocycles. The van der Waals surface area contributed by atoms with Crippen LogP contribution < -0.4 is 10.0 Å². The third-order valence-corrected chi connectivity index (χ3v) is 6.43. The molecule has 162 valence electrons. The Balaban J connectivity index is 1.78. The number of carbonyl (C=O) groups excluding carboxylic acids is 1. The number of hydrogen-bond acceptors (Lipinski definition) is 3. The molecule has 0 spiro atoms. The van der Waals surface area contributed by atoms with Gasteiger partial charge in [-0.1, -0.05) is 49.2 Å². The maximum absolute atomic E-state index is 14.5. The van der Waals surface area contributed by atoms with Crippen molar-refractivity contribution in [3.8, 4) is 0 Å². The highest BCUT2D eigenvalue weighted by molar-refractivity contribution is 7.92. The van der Waals surface area contributed by atoms with E-state index >= 15 is 0 Å². The number of rotatable bonds is 6. The molecule has 0 atom stereocenters. The average molecular weight is 481 g/mol. The van der Waals surface area contributed by atoms with Gasteiger partial charge in [0.15, 0.2) is 0 Å². The van der Waals surface area contributed by atoms with Crippen molar-refractivity contribution in [3.05, 3.63) is 87.7 Å². The summed E-state index contributed by atoms with van der Waals surface area (Å²) < 4.78 is 42.2. The van der Waals surface area contributed by atoms with Crippen LogP contribution in [0.15, 0.2) is 65.6 Å². The highest BCUT2D eigenvalue weighted by Gasteiger charge is 2.19. The summed E-state index contributed by atoms with van der Waals surface area (Å²) in [4.78, 5) is 12.1. The minimum atomic E-state index is -4.02. The van der Waals surface area contributed by atoms with Crippen LogP contribution in [-0.2, 0) is 10.0 Å². The molecule has 3 aromatic carbocycles. The summed E-state index contributed by atoms with van der Waals surface area (Å²) in [5.74, 6) is -1.25. The number of benzene rings is 3. The van der Waals surface area contributed by atoms with Crippen molar-refractivity contribution in [2.45, 2.75) is 24.7 Å². The van der Waals surface area contributed by atoms with Crippen LogP contribution in [0.4, 0.5) is 15.8 Å². The molecular formula is C22H19Cl2FN2O3S. The lowest BCUT2D eigenvalue weighted by Gasteiger charge is -2.12. The number of hydrogen-bond donors (Lipinski definition) is 2. The number of amides is 1. The van der Waals surface area contributed by atoms with Crippen molar-refractivity contribution in [2.24, 2.45) is 0 Å². The highest BCUT2D eigenvalue weighted by Crippen LogP contribution is 2.25. The fourth-order valence-corrected chi connectivity index (χ4v) is 4.34. The van der Waals surface area contributed by atoms with Crippen LogP contribution >= 0.6 is 23.2 Å². The van der Waals surface area contributed by atoms with Crippen LogP contribution in [0.2, 0.25) is 10.0 Å². The van der Waals surface area contributed by atoms with Crippen molar-refractivity contribution in [2.75, 3.05) is 10.0 Å². The first-order chi connectivity index (χ1) is 14.6. The van der Waals surface area contributed by atoms with E-state index in [4.69, 9.17) is 23.2 Å². The van der Waals surface area contributed by atoms with Gasteiger partial charge in [-0.05, 0) is 60.0 Å². The molecule has 0 aliphatic heterocycles. The monoisotopic (exact) mass is 480 g/mol. The molecule has 9 heteroatoms. The van der Waals surface area contributed by atoms with E-state index < -0.39 is 21.7 Å². The van der Waals surface area contributed by atoms with Gasteiger partial charge < -0.3 is 5.32 Å². The van der Waals surface area contributed by atoms with Gasteiger partial charge in [0.05, 0.1) is 21.2 Å². The third-order valence-electron chi connectivity index (χ3n) is 4.50. The van der Waals surface area contributed by atoms with E-state index in [9.17, 15) is 17.6 Å². The van der Waals surface area contributed by atoms with E-state index in [0.717, 1.165) is 11.6 Å². The molecule has 0 radical (unpaired) electrons. The van der Waals surface area contributed by atoms with Gasteiger partial charge in [-0.15, -0.1) is 0 Å². The third kappa shape index (κ3) is 5.55. The summed E-state index contributed by atoms with van der Waals surface area (Å²) in [6.07, 6.45) is 0. The van der Waals surface area contributed by atoms with Crippen molar-refractivity contribution in [1.29, 1.82) is 0 Å². The smallest absolute Gasteiger partial charge is 0.261 e. The predicted octanol–water partition coefficient (Wildman–Crippen LogP) is 6.31. The summed E-state index contributed by atoms with van der Waals surface area (Å²) in [5, 5.41) is 2.84. The Morgan fingerprint density at radius 2 is 1.65 bits per heavy atom. The van der Waals surface area contributed by atoms with Crippen LogP contribution in [0.25, 0.3) is 0 Å². The normalized spacial score (nSPS) is 11.4. The van der Waals surface area contributed by atoms with Gasteiger partial charge in [0.1, 0.15) is 5.82 Å². The topological polar surface area (TPSA) is 75.3 Å². The van der Waals surface area contributed by atoms with Gasteiger partial charge in [-0.2, -0.15) is 0 Å². The SMILES string of the molecule is CC(C)c1ccc(NS(=O)(=O)c2ccc(NC(=O)c3ccc(Cl)cc3Cl)c(F)c2)cc1. The second-order valence-electron chi connectivity index (χ2n) is 7.10. The Labute approximate surface area is 190 Å². The molecule has 2 N–H and O–H groups in total. The average Bonchev–Trinajstić information content (AvgIpc) is 2.69. The van der Waals surface area contributed by atoms with E-state index in [1.807, 2.05) is 26.0 Å². The van der Waals surface area contributed by atoms with E-state index in [1.165, 1.54) is 30.3 Å². The zero-order valence-electron chi connectivity index (χ0n) is 16.6. The Hall–Kier alpha value is -2.61. The number of sulfonamides is 1. The highest BCUT2D eigenvalue weighted by atomic mass is 35.5. The lowest BCUT2D eigenvalue weighted by Crippen LogP contribution is -2.16. The quantitative estimate of drug-likeness (QED) is 0.433. The first-order valence-corrected chi connectivity index (χ1v) is 11.5. The van der Waals surface area contributed by atoms with Crippen molar-refractivity contribution in [3.63, 3.8) is 0 Å². The Morgan fingerprint density at radius 1 is 0.968 bits per heavy atom. The predicted molar refractivity (Wildman–Crippen MR) is 122 cm³/mol. The number of carbonyl (C=O) groups is 1. The minimum Gasteiger partial charge on any atom is -0.319 e. The molecule has 0 saturated heterocycles. The Morgan fingerprint density at radius 3 is 2.23 bits per heavy atom. The number of anilines is 2. The van der Waals surface area contributed by atoms with Crippen molar-refractivity contribution >= 4 is 50.5 Å². The first kappa shape index (κ1) is 23.1. The van der Waals surface area contributed by atoms with Crippen molar-refractivity contribution in [1.82, 2.24) is 0 Å². The van der Waals surface area contributed by atoms with Gasteiger partial charge >= 0.3 is 0 Å². The van der Waals surface area contributed by atoms with E-state index in [0.29, 0.717) is 16.6 Å². The molecule has 31 heavy (non-hydrogen) atoms. The molecule has 0 aliphatic carbocycles. The lowest BCUT2D eigenvalue weighted by atomic mass is 10.0.